The number of carbonyl (C=O) groups is 1. The molecule has 0 unspecified atom stereocenters. The summed E-state index contributed by atoms with van der Waals surface area (Å²) in [5, 5.41) is 0. The lowest BCUT2D eigenvalue weighted by atomic mass is 10.1. The lowest BCUT2D eigenvalue weighted by Crippen LogP contribution is -1.86. The van der Waals surface area contributed by atoms with Crippen LogP contribution in [0.1, 0.15) is 11.1 Å². The summed E-state index contributed by atoms with van der Waals surface area (Å²) < 4.78 is 4.97. The van der Waals surface area contributed by atoms with E-state index in [0.29, 0.717) is 6.61 Å². The van der Waals surface area contributed by atoms with E-state index in [1.807, 2.05) is 24.3 Å². The van der Waals surface area contributed by atoms with E-state index in [9.17, 15) is 4.79 Å². The van der Waals surface area contributed by atoms with Crippen LogP contribution in [0, 0.1) is 0 Å². The maximum atomic E-state index is 10.0. The molecule has 0 spiro atoms. The number of benzene rings is 1. The number of allylic oxidation sites excluding steroid dienone is 1. The first kappa shape index (κ1) is 9.68. The van der Waals surface area contributed by atoms with Gasteiger partial charge in [0.2, 0.25) is 0 Å². The Kier molecular flexibility index (Phi) is 3.93. The van der Waals surface area contributed by atoms with Crippen LogP contribution in [0.15, 0.2) is 30.3 Å². The molecule has 0 fully saturated rings. The standard InChI is InChI=1S/C11H12O2/c1-13-9-11-6-4-10(5-7-11)3-2-8-12/h2-8H,9H2,1H3/b3-2+. The van der Waals surface area contributed by atoms with Crippen molar-refractivity contribution >= 4 is 12.4 Å². The van der Waals surface area contributed by atoms with Crippen LogP contribution >= 0.6 is 0 Å². The number of carbonyl (C=O) groups excluding carboxylic acids is 1. The molecule has 0 bridgehead atoms. The highest BCUT2D eigenvalue weighted by Gasteiger charge is 1.90. The molecule has 1 aromatic rings. The zero-order chi connectivity index (χ0) is 9.52. The minimum Gasteiger partial charge on any atom is -0.380 e. The Balaban J connectivity index is 2.69. The highest BCUT2D eigenvalue weighted by Crippen LogP contribution is 2.06. The van der Waals surface area contributed by atoms with E-state index in [1.165, 1.54) is 6.08 Å². The normalized spacial score (nSPS) is 10.5. The van der Waals surface area contributed by atoms with E-state index in [1.54, 1.807) is 13.2 Å². The van der Waals surface area contributed by atoms with Crippen molar-refractivity contribution in [1.82, 2.24) is 0 Å². The minimum atomic E-state index is 0.623. The average Bonchev–Trinajstić information content (AvgIpc) is 2.17. The number of hydrogen-bond acceptors (Lipinski definition) is 2. The summed E-state index contributed by atoms with van der Waals surface area (Å²) in [5.41, 5.74) is 2.15. The summed E-state index contributed by atoms with van der Waals surface area (Å²) in [4.78, 5) is 10.0. The summed E-state index contributed by atoms with van der Waals surface area (Å²) in [7, 11) is 1.67. The third kappa shape index (κ3) is 3.22. The second kappa shape index (κ2) is 5.27. The molecule has 0 saturated carbocycles. The molecule has 1 rings (SSSR count). The molecule has 0 radical (unpaired) electrons. The third-order valence-corrected chi connectivity index (χ3v) is 1.66. The van der Waals surface area contributed by atoms with Crippen molar-refractivity contribution in [2.45, 2.75) is 6.61 Å². The highest BCUT2D eigenvalue weighted by atomic mass is 16.5. The molecule has 0 aliphatic heterocycles. The summed E-state index contributed by atoms with van der Waals surface area (Å²) in [6.07, 6.45) is 4.01. The fourth-order valence-electron chi connectivity index (χ4n) is 1.04. The smallest absolute Gasteiger partial charge is 0.142 e. The summed E-state index contributed by atoms with van der Waals surface area (Å²) in [5.74, 6) is 0. The first-order valence-electron chi connectivity index (χ1n) is 4.06. The topological polar surface area (TPSA) is 26.3 Å². The predicted octanol–water partition coefficient (Wildman–Crippen LogP) is 2.05. The number of rotatable bonds is 4. The van der Waals surface area contributed by atoms with Gasteiger partial charge in [0.05, 0.1) is 6.61 Å². The Bertz CT molecular complexity index is 285. The van der Waals surface area contributed by atoms with Gasteiger partial charge in [0.15, 0.2) is 0 Å². The monoisotopic (exact) mass is 176 g/mol. The van der Waals surface area contributed by atoms with Crippen molar-refractivity contribution in [2.24, 2.45) is 0 Å². The molecule has 2 heteroatoms. The molecule has 0 aliphatic carbocycles. The average molecular weight is 176 g/mol. The Labute approximate surface area is 77.8 Å². The molecule has 0 atom stereocenters. The second-order valence-corrected chi connectivity index (χ2v) is 2.67. The van der Waals surface area contributed by atoms with Crippen LogP contribution in [-0.4, -0.2) is 13.4 Å². The molecule has 0 saturated heterocycles. The van der Waals surface area contributed by atoms with Crippen LogP contribution in [-0.2, 0) is 16.1 Å². The van der Waals surface area contributed by atoms with Crippen molar-refractivity contribution in [3.63, 3.8) is 0 Å². The molecule has 0 heterocycles. The molecule has 0 aliphatic rings. The van der Waals surface area contributed by atoms with Crippen LogP contribution in [0.2, 0.25) is 0 Å². The van der Waals surface area contributed by atoms with E-state index < -0.39 is 0 Å². The molecule has 0 amide bonds. The van der Waals surface area contributed by atoms with E-state index in [2.05, 4.69) is 0 Å². The number of hydrogen-bond donors (Lipinski definition) is 0. The van der Waals surface area contributed by atoms with Gasteiger partial charge < -0.3 is 4.74 Å². The van der Waals surface area contributed by atoms with Crippen LogP contribution in [0.5, 0.6) is 0 Å². The maximum absolute atomic E-state index is 10.0. The summed E-state index contributed by atoms with van der Waals surface area (Å²) >= 11 is 0. The molecule has 0 aromatic heterocycles. The van der Waals surface area contributed by atoms with Gasteiger partial charge in [-0.3, -0.25) is 4.79 Å². The number of ether oxygens (including phenoxy) is 1. The van der Waals surface area contributed by atoms with Gasteiger partial charge in [-0.15, -0.1) is 0 Å². The molecule has 13 heavy (non-hydrogen) atoms. The van der Waals surface area contributed by atoms with Crippen molar-refractivity contribution in [2.75, 3.05) is 7.11 Å². The number of methoxy groups -OCH3 is 1. The minimum absolute atomic E-state index is 0.623. The zero-order valence-electron chi connectivity index (χ0n) is 7.57. The zero-order valence-corrected chi connectivity index (χ0v) is 7.57. The Morgan fingerprint density at radius 1 is 1.31 bits per heavy atom. The molecule has 68 valence electrons. The fourth-order valence-corrected chi connectivity index (χ4v) is 1.04. The summed E-state index contributed by atoms with van der Waals surface area (Å²) in [6, 6.07) is 7.87. The third-order valence-electron chi connectivity index (χ3n) is 1.66. The predicted molar refractivity (Wildman–Crippen MR) is 52.3 cm³/mol. The molecule has 2 nitrogen and oxygen atoms in total. The molecule has 0 N–H and O–H groups in total. The van der Waals surface area contributed by atoms with Gasteiger partial charge in [0, 0.05) is 7.11 Å². The van der Waals surface area contributed by atoms with Crippen molar-refractivity contribution in [1.29, 1.82) is 0 Å². The molecular formula is C11H12O2. The number of aldehydes is 1. The molecule has 1 aromatic carbocycles. The molecular weight excluding hydrogens is 164 g/mol. The second-order valence-electron chi connectivity index (χ2n) is 2.67. The first-order valence-corrected chi connectivity index (χ1v) is 4.06. The van der Waals surface area contributed by atoms with Gasteiger partial charge in [0.1, 0.15) is 6.29 Å². The van der Waals surface area contributed by atoms with Crippen LogP contribution in [0.25, 0.3) is 6.08 Å². The lowest BCUT2D eigenvalue weighted by Gasteiger charge is -1.99. The van der Waals surface area contributed by atoms with Gasteiger partial charge in [-0.1, -0.05) is 30.3 Å². The van der Waals surface area contributed by atoms with Gasteiger partial charge in [0.25, 0.3) is 0 Å². The van der Waals surface area contributed by atoms with Crippen LogP contribution < -0.4 is 0 Å². The van der Waals surface area contributed by atoms with Gasteiger partial charge >= 0.3 is 0 Å². The van der Waals surface area contributed by atoms with Crippen LogP contribution in [0.3, 0.4) is 0 Å². The van der Waals surface area contributed by atoms with Crippen molar-refractivity contribution < 1.29 is 9.53 Å². The van der Waals surface area contributed by atoms with Gasteiger partial charge in [-0.2, -0.15) is 0 Å². The van der Waals surface area contributed by atoms with Gasteiger partial charge in [-0.05, 0) is 17.2 Å². The summed E-state index contributed by atoms with van der Waals surface area (Å²) in [6.45, 7) is 0.623. The van der Waals surface area contributed by atoms with Crippen molar-refractivity contribution in [3.8, 4) is 0 Å². The quantitative estimate of drug-likeness (QED) is 0.518. The van der Waals surface area contributed by atoms with E-state index >= 15 is 0 Å². The van der Waals surface area contributed by atoms with E-state index in [-0.39, 0.29) is 0 Å². The Morgan fingerprint density at radius 3 is 2.54 bits per heavy atom. The van der Waals surface area contributed by atoms with E-state index in [0.717, 1.165) is 17.4 Å². The largest absolute Gasteiger partial charge is 0.380 e. The maximum Gasteiger partial charge on any atom is 0.142 e. The lowest BCUT2D eigenvalue weighted by molar-refractivity contribution is -0.104. The van der Waals surface area contributed by atoms with Gasteiger partial charge in [-0.25, -0.2) is 0 Å². The highest BCUT2D eigenvalue weighted by molar-refractivity contribution is 5.73. The van der Waals surface area contributed by atoms with E-state index in [4.69, 9.17) is 4.74 Å². The fraction of sp³-hybridized carbons (Fsp3) is 0.182. The first-order chi connectivity index (χ1) is 6.36. The Morgan fingerprint density at radius 2 is 2.00 bits per heavy atom. The van der Waals surface area contributed by atoms with Crippen LogP contribution in [0.4, 0.5) is 0 Å². The SMILES string of the molecule is COCc1ccc(/C=C/C=O)cc1. The Hall–Kier alpha value is -1.41. The van der Waals surface area contributed by atoms with Crippen molar-refractivity contribution in [3.05, 3.63) is 41.5 Å².